The SMILES string of the molecule is CNc1ccc(N=Nc2ccccc2)cc1OC. The fourth-order valence-electron chi connectivity index (χ4n) is 1.56. The number of rotatable bonds is 4. The van der Waals surface area contributed by atoms with Crippen LogP contribution in [-0.2, 0) is 0 Å². The Labute approximate surface area is 106 Å². The molecule has 0 aliphatic carbocycles. The molecule has 18 heavy (non-hydrogen) atoms. The Morgan fingerprint density at radius 2 is 1.67 bits per heavy atom. The number of anilines is 1. The van der Waals surface area contributed by atoms with E-state index in [1.807, 2.05) is 55.6 Å². The smallest absolute Gasteiger partial charge is 0.144 e. The third-order valence-corrected chi connectivity index (χ3v) is 2.49. The van der Waals surface area contributed by atoms with Gasteiger partial charge in [-0.2, -0.15) is 10.2 Å². The Morgan fingerprint density at radius 3 is 2.33 bits per heavy atom. The summed E-state index contributed by atoms with van der Waals surface area (Å²) in [6.07, 6.45) is 0. The van der Waals surface area contributed by atoms with Gasteiger partial charge >= 0.3 is 0 Å². The largest absolute Gasteiger partial charge is 0.495 e. The van der Waals surface area contributed by atoms with E-state index in [2.05, 4.69) is 15.5 Å². The van der Waals surface area contributed by atoms with Crippen LogP contribution in [0.4, 0.5) is 17.1 Å². The normalized spacial score (nSPS) is 10.6. The maximum atomic E-state index is 5.26. The molecule has 2 aromatic rings. The molecule has 4 nitrogen and oxygen atoms in total. The van der Waals surface area contributed by atoms with Crippen molar-refractivity contribution >= 4 is 17.1 Å². The summed E-state index contributed by atoms with van der Waals surface area (Å²) in [5, 5.41) is 11.4. The van der Waals surface area contributed by atoms with Gasteiger partial charge in [-0.1, -0.05) is 18.2 Å². The summed E-state index contributed by atoms with van der Waals surface area (Å²) in [4.78, 5) is 0. The van der Waals surface area contributed by atoms with E-state index in [9.17, 15) is 0 Å². The molecule has 0 aliphatic heterocycles. The highest BCUT2D eigenvalue weighted by atomic mass is 16.5. The van der Waals surface area contributed by atoms with Crippen LogP contribution in [-0.4, -0.2) is 14.2 Å². The van der Waals surface area contributed by atoms with Crippen LogP contribution in [0.25, 0.3) is 0 Å². The van der Waals surface area contributed by atoms with Crippen LogP contribution in [0.1, 0.15) is 0 Å². The number of methoxy groups -OCH3 is 1. The standard InChI is InChI=1S/C14H15N3O/c1-15-13-9-8-12(10-14(13)18-2)17-16-11-6-4-3-5-7-11/h3-10,15H,1-2H3. The van der Waals surface area contributed by atoms with E-state index >= 15 is 0 Å². The second kappa shape index (κ2) is 5.82. The molecule has 2 aromatic carbocycles. The van der Waals surface area contributed by atoms with Crippen molar-refractivity contribution in [3.8, 4) is 5.75 Å². The van der Waals surface area contributed by atoms with Gasteiger partial charge in [0.2, 0.25) is 0 Å². The summed E-state index contributed by atoms with van der Waals surface area (Å²) < 4.78 is 5.26. The first-order chi connectivity index (χ1) is 8.83. The first-order valence-corrected chi connectivity index (χ1v) is 5.66. The predicted molar refractivity (Wildman–Crippen MR) is 73.2 cm³/mol. The third-order valence-electron chi connectivity index (χ3n) is 2.49. The van der Waals surface area contributed by atoms with Crippen molar-refractivity contribution in [1.29, 1.82) is 0 Å². The van der Waals surface area contributed by atoms with Crippen molar-refractivity contribution < 1.29 is 4.74 Å². The summed E-state index contributed by atoms with van der Waals surface area (Å²) in [5.41, 5.74) is 2.51. The second-order valence-corrected chi connectivity index (χ2v) is 3.67. The average Bonchev–Trinajstić information content (AvgIpc) is 2.45. The number of ether oxygens (including phenoxy) is 1. The molecule has 0 spiro atoms. The molecule has 0 radical (unpaired) electrons. The molecule has 0 aromatic heterocycles. The lowest BCUT2D eigenvalue weighted by molar-refractivity contribution is 0.417. The molecular weight excluding hydrogens is 226 g/mol. The Balaban J connectivity index is 2.22. The van der Waals surface area contributed by atoms with Gasteiger partial charge in [-0.3, -0.25) is 0 Å². The summed E-state index contributed by atoms with van der Waals surface area (Å²) in [6.45, 7) is 0. The maximum absolute atomic E-state index is 5.26. The molecule has 0 heterocycles. The third kappa shape index (κ3) is 2.85. The lowest BCUT2D eigenvalue weighted by atomic mass is 10.2. The Morgan fingerprint density at radius 1 is 0.944 bits per heavy atom. The van der Waals surface area contributed by atoms with E-state index in [1.165, 1.54) is 0 Å². The van der Waals surface area contributed by atoms with Crippen LogP contribution in [0.3, 0.4) is 0 Å². The molecule has 0 aliphatic rings. The molecule has 2 rings (SSSR count). The number of azo groups is 1. The van der Waals surface area contributed by atoms with E-state index in [1.54, 1.807) is 7.11 Å². The predicted octanol–water partition coefficient (Wildman–Crippen LogP) is 4.15. The van der Waals surface area contributed by atoms with Crippen LogP contribution in [0, 0.1) is 0 Å². The maximum Gasteiger partial charge on any atom is 0.144 e. The number of nitrogens with zero attached hydrogens (tertiary/aromatic N) is 2. The minimum absolute atomic E-state index is 0.752. The monoisotopic (exact) mass is 241 g/mol. The van der Waals surface area contributed by atoms with Gasteiger partial charge in [-0.15, -0.1) is 0 Å². The van der Waals surface area contributed by atoms with Crippen molar-refractivity contribution in [3.05, 3.63) is 48.5 Å². The lowest BCUT2D eigenvalue weighted by Crippen LogP contribution is -1.92. The Kier molecular flexibility index (Phi) is 3.91. The van der Waals surface area contributed by atoms with E-state index in [4.69, 9.17) is 4.74 Å². The van der Waals surface area contributed by atoms with Crippen LogP contribution in [0.2, 0.25) is 0 Å². The van der Waals surface area contributed by atoms with Gasteiger partial charge in [0.25, 0.3) is 0 Å². The topological polar surface area (TPSA) is 46.0 Å². The van der Waals surface area contributed by atoms with E-state index < -0.39 is 0 Å². The van der Waals surface area contributed by atoms with Crippen molar-refractivity contribution in [3.63, 3.8) is 0 Å². The van der Waals surface area contributed by atoms with Gasteiger partial charge in [0.1, 0.15) is 5.75 Å². The molecule has 0 saturated heterocycles. The van der Waals surface area contributed by atoms with Crippen molar-refractivity contribution in [2.75, 3.05) is 19.5 Å². The van der Waals surface area contributed by atoms with Crippen LogP contribution in [0.5, 0.6) is 5.75 Å². The highest BCUT2D eigenvalue weighted by Gasteiger charge is 2.01. The zero-order chi connectivity index (χ0) is 12.8. The molecule has 4 heteroatoms. The molecule has 0 atom stereocenters. The fourth-order valence-corrected chi connectivity index (χ4v) is 1.56. The Bertz CT molecular complexity index is 538. The summed E-state index contributed by atoms with van der Waals surface area (Å²) >= 11 is 0. The minimum Gasteiger partial charge on any atom is -0.495 e. The van der Waals surface area contributed by atoms with Crippen LogP contribution in [0.15, 0.2) is 58.8 Å². The second-order valence-electron chi connectivity index (χ2n) is 3.67. The fraction of sp³-hybridized carbons (Fsp3) is 0.143. The van der Waals surface area contributed by atoms with Gasteiger partial charge in [-0.05, 0) is 24.3 Å². The van der Waals surface area contributed by atoms with Gasteiger partial charge in [0, 0.05) is 13.1 Å². The summed E-state index contributed by atoms with van der Waals surface area (Å²) in [6, 6.07) is 15.3. The zero-order valence-corrected chi connectivity index (χ0v) is 10.4. The van der Waals surface area contributed by atoms with Crippen LogP contribution >= 0.6 is 0 Å². The summed E-state index contributed by atoms with van der Waals surface area (Å²) in [5.74, 6) is 0.752. The highest BCUT2D eigenvalue weighted by Crippen LogP contribution is 2.29. The minimum atomic E-state index is 0.752. The van der Waals surface area contributed by atoms with Crippen LogP contribution < -0.4 is 10.1 Å². The van der Waals surface area contributed by atoms with E-state index in [0.29, 0.717) is 0 Å². The number of hydrogen-bond donors (Lipinski definition) is 1. The molecule has 1 N–H and O–H groups in total. The van der Waals surface area contributed by atoms with Crippen molar-refractivity contribution in [2.45, 2.75) is 0 Å². The molecule has 0 unspecified atom stereocenters. The Hall–Kier alpha value is -2.36. The molecule has 0 amide bonds. The van der Waals surface area contributed by atoms with E-state index in [-0.39, 0.29) is 0 Å². The highest BCUT2D eigenvalue weighted by molar-refractivity contribution is 5.61. The number of benzene rings is 2. The van der Waals surface area contributed by atoms with Crippen molar-refractivity contribution in [1.82, 2.24) is 0 Å². The van der Waals surface area contributed by atoms with E-state index in [0.717, 1.165) is 22.8 Å². The molecule has 0 bridgehead atoms. The average molecular weight is 241 g/mol. The molecular formula is C14H15N3O. The number of nitrogens with one attached hydrogen (secondary N) is 1. The first kappa shape index (κ1) is 12.1. The number of hydrogen-bond acceptors (Lipinski definition) is 4. The quantitative estimate of drug-likeness (QED) is 0.817. The first-order valence-electron chi connectivity index (χ1n) is 5.66. The molecule has 0 saturated carbocycles. The van der Waals surface area contributed by atoms with Gasteiger partial charge in [-0.25, -0.2) is 0 Å². The summed E-state index contributed by atoms with van der Waals surface area (Å²) in [7, 11) is 3.48. The zero-order valence-electron chi connectivity index (χ0n) is 10.4. The molecule has 0 fully saturated rings. The van der Waals surface area contributed by atoms with Gasteiger partial charge in [0.15, 0.2) is 0 Å². The van der Waals surface area contributed by atoms with Gasteiger partial charge < -0.3 is 10.1 Å². The van der Waals surface area contributed by atoms with Crippen molar-refractivity contribution in [2.24, 2.45) is 10.2 Å². The van der Waals surface area contributed by atoms with Gasteiger partial charge in [0.05, 0.1) is 24.2 Å². The lowest BCUT2D eigenvalue weighted by Gasteiger charge is -2.07. The molecule has 92 valence electrons.